The fraction of sp³-hybridized carbons (Fsp3) is 0.476. The molecule has 0 amide bonds. The minimum Gasteiger partial charge on any atom is -0.385 e. The quantitative estimate of drug-likeness (QED) is 0.169. The van der Waals surface area contributed by atoms with Crippen LogP contribution in [-0.2, 0) is 20.7 Å². The molecule has 1 spiro atoms. The molecule has 2 aliphatic heterocycles. The summed E-state index contributed by atoms with van der Waals surface area (Å²) in [4.78, 5) is 7.78. The highest BCUT2D eigenvalue weighted by molar-refractivity contribution is 5.84. The van der Waals surface area contributed by atoms with Crippen molar-refractivity contribution in [2.24, 2.45) is 11.3 Å². The summed E-state index contributed by atoms with van der Waals surface area (Å²) < 4.78 is 74.1. The number of aliphatic hydroxyl groups excluding tert-OH is 2. The number of methoxy groups -OCH3 is 1. The molecule has 10 rings (SSSR count). The molecule has 1 saturated carbocycles. The maximum Gasteiger partial charge on any atom is 0.194 e. The maximum absolute atomic E-state index is 15.4. The van der Waals surface area contributed by atoms with Crippen molar-refractivity contribution >= 4 is 11.0 Å². The van der Waals surface area contributed by atoms with E-state index in [9.17, 15) is 14.6 Å². The molecule has 2 aromatic heterocycles. The van der Waals surface area contributed by atoms with Gasteiger partial charge >= 0.3 is 0 Å². The van der Waals surface area contributed by atoms with E-state index in [0.29, 0.717) is 67.7 Å². The molecule has 4 heterocycles. The van der Waals surface area contributed by atoms with Gasteiger partial charge in [0.1, 0.15) is 29.4 Å². The molecule has 282 valence electrons. The number of fused-ring (bicyclic) bond motifs is 1. The molecule has 2 N–H and O–H groups in total. The molecule has 7 atom stereocenters. The van der Waals surface area contributed by atoms with Crippen LogP contribution in [0, 0.1) is 42.6 Å². The van der Waals surface area contributed by atoms with Gasteiger partial charge in [-0.3, -0.25) is 0 Å². The van der Waals surface area contributed by atoms with Gasteiger partial charge in [-0.05, 0) is 113 Å². The van der Waals surface area contributed by atoms with Crippen molar-refractivity contribution in [1.82, 2.24) is 19.6 Å². The van der Waals surface area contributed by atoms with Crippen molar-refractivity contribution in [3.8, 4) is 11.1 Å². The second kappa shape index (κ2) is 11.7. The molecule has 0 radical (unpaired) electrons. The summed E-state index contributed by atoms with van der Waals surface area (Å²) in [5, 5.41) is 29.2. The van der Waals surface area contributed by atoms with Crippen molar-refractivity contribution in [3.05, 3.63) is 106 Å². The largest absolute Gasteiger partial charge is 0.385 e. The smallest absolute Gasteiger partial charge is 0.194 e. The van der Waals surface area contributed by atoms with E-state index in [0.717, 1.165) is 40.0 Å². The number of piperidine rings is 1. The highest BCUT2D eigenvalue weighted by Gasteiger charge is 2.80. The number of likely N-dealkylation sites (tertiary alicyclic amines) is 1. The lowest BCUT2D eigenvalue weighted by Crippen LogP contribution is -2.66. The summed E-state index contributed by atoms with van der Waals surface area (Å²) in [6.45, 7) is 4.37. The van der Waals surface area contributed by atoms with Crippen LogP contribution in [0.3, 0.4) is 0 Å². The lowest BCUT2D eigenvalue weighted by Gasteiger charge is -2.61. The molecule has 6 aliphatic rings. The fourth-order valence-corrected chi connectivity index (χ4v) is 11.5. The van der Waals surface area contributed by atoms with Crippen molar-refractivity contribution < 1.29 is 38.8 Å². The molecule has 9 nitrogen and oxygen atoms in total. The van der Waals surface area contributed by atoms with Gasteiger partial charge in [-0.15, -0.1) is 0 Å². The molecule has 4 aromatic rings. The minimum atomic E-state index is -1.88. The molecular formula is C42H43F3N4O5. The van der Waals surface area contributed by atoms with E-state index >= 15 is 8.78 Å². The Labute approximate surface area is 312 Å². The predicted octanol–water partition coefficient (Wildman–Crippen LogP) is 6.84. The monoisotopic (exact) mass is 741 g/mol. The first-order valence-corrected chi connectivity index (χ1v) is 18.8. The van der Waals surface area contributed by atoms with Crippen LogP contribution in [-0.4, -0.2) is 74.9 Å². The lowest BCUT2D eigenvalue weighted by molar-refractivity contribution is -0.227. The van der Waals surface area contributed by atoms with Gasteiger partial charge in [-0.1, -0.05) is 35.5 Å². The maximum atomic E-state index is 15.4. The Morgan fingerprint density at radius 3 is 2.50 bits per heavy atom. The van der Waals surface area contributed by atoms with Gasteiger partial charge < -0.3 is 33.7 Å². The van der Waals surface area contributed by atoms with Gasteiger partial charge in [-0.2, -0.15) is 0 Å². The molecular weight excluding hydrogens is 697 g/mol. The molecule has 1 unspecified atom stereocenters. The van der Waals surface area contributed by atoms with Crippen molar-refractivity contribution in [2.75, 3.05) is 20.7 Å². The second-order valence-corrected chi connectivity index (χ2v) is 16.2. The number of nitrogens with zero attached hydrogens (tertiary/aromatic N) is 4. The van der Waals surface area contributed by atoms with Crippen LogP contribution in [0.25, 0.3) is 22.2 Å². The first kappa shape index (κ1) is 33.3. The number of allylic oxidation sites excluding steroid dienone is 1. The molecule has 3 fully saturated rings. The van der Waals surface area contributed by atoms with Crippen LogP contribution in [0.1, 0.15) is 68.8 Å². The van der Waals surface area contributed by atoms with Gasteiger partial charge in [0.05, 0.1) is 24.2 Å². The van der Waals surface area contributed by atoms with Crippen LogP contribution in [0.15, 0.2) is 70.3 Å². The van der Waals surface area contributed by atoms with E-state index in [-0.39, 0.29) is 36.8 Å². The number of ether oxygens (including phenoxy) is 2. The van der Waals surface area contributed by atoms with E-state index < -0.39 is 46.3 Å². The number of halogens is 3. The van der Waals surface area contributed by atoms with Crippen molar-refractivity contribution in [1.29, 1.82) is 0 Å². The third-order valence-corrected chi connectivity index (χ3v) is 13.8. The second-order valence-electron chi connectivity index (χ2n) is 16.2. The standard InChI is InChI=1S/C42H43F3N4O5/c1-21-36(22(2)53-47-21)23-5-12-32-31(17-23)46-39(49(32)26-7-9-27(52-4)10-8-26)42-35(51)14-11-28-33-18-24-6-13-34(50)41(54-42,25-19-29(43)37(45)30(44)20-25)38(24)40(28,42)15-16-48(33)3/h5-6,11-14,17,19-20,26-28,33-35,50-51H,7-10,15-16,18H2,1-4H3/t26-,27-,28-,33+,34-,35-,40-,41?,42+/m0/s1/i4D. The van der Waals surface area contributed by atoms with E-state index in [2.05, 4.69) is 27.7 Å². The first-order chi connectivity index (χ1) is 26.5. The van der Waals surface area contributed by atoms with Gasteiger partial charge in [0.2, 0.25) is 0 Å². The van der Waals surface area contributed by atoms with Crippen LogP contribution in [0.2, 0.25) is 0 Å². The molecule has 2 aromatic carbocycles. The van der Waals surface area contributed by atoms with Gasteiger partial charge in [0, 0.05) is 36.1 Å². The Bertz CT molecular complexity index is 2310. The van der Waals surface area contributed by atoms with Gasteiger partial charge in [0.15, 0.2) is 23.1 Å². The number of aryl methyl sites for hydroxylation is 2. The van der Waals surface area contributed by atoms with Crippen molar-refractivity contribution in [3.63, 3.8) is 0 Å². The average molecular weight is 742 g/mol. The highest BCUT2D eigenvalue weighted by atomic mass is 19.2. The number of rotatable bonds is 5. The number of aromatic nitrogens is 3. The SMILES string of the molecule is [2H]CO[C@H]1CC[C@H](n2c([C@]34OC5(c6cc(F)c(F)c(F)c6)C6=C(C=C[C@@H]5O)C[C@@H]5[C@H](C=C[C@@H]3O)[C@@]64CCN5C)nc3cc(-c4c(C)noc4C)ccc32)CC1. The Balaban J connectivity index is 1.29. The van der Waals surface area contributed by atoms with Gasteiger partial charge in [-0.25, -0.2) is 18.2 Å². The Morgan fingerprint density at radius 2 is 1.78 bits per heavy atom. The zero-order valence-corrected chi connectivity index (χ0v) is 30.4. The first-order valence-electron chi connectivity index (χ1n) is 19.6. The number of imidazole rings is 1. The molecule has 2 saturated heterocycles. The number of aliphatic hydroxyl groups is 2. The summed E-state index contributed by atoms with van der Waals surface area (Å²) in [7, 11) is 1.97. The van der Waals surface area contributed by atoms with Gasteiger partial charge in [0.25, 0.3) is 0 Å². The van der Waals surface area contributed by atoms with E-state index in [1.807, 2.05) is 38.1 Å². The van der Waals surface area contributed by atoms with Crippen LogP contribution in [0.5, 0.6) is 0 Å². The number of hydrogen-bond donors (Lipinski definition) is 2. The van der Waals surface area contributed by atoms with Crippen LogP contribution < -0.4 is 0 Å². The third kappa shape index (κ3) is 4.18. The normalized spacial score (nSPS) is 35.9. The number of benzene rings is 2. The van der Waals surface area contributed by atoms with E-state index in [4.69, 9.17) is 20.4 Å². The molecule has 54 heavy (non-hydrogen) atoms. The topological polar surface area (TPSA) is 106 Å². The summed E-state index contributed by atoms with van der Waals surface area (Å²) in [6, 6.07) is 7.77. The number of hydrogen-bond acceptors (Lipinski definition) is 8. The average Bonchev–Trinajstić information content (AvgIpc) is 3.82. The molecule has 4 aliphatic carbocycles. The predicted molar refractivity (Wildman–Crippen MR) is 193 cm³/mol. The third-order valence-electron chi connectivity index (χ3n) is 13.8. The minimum absolute atomic E-state index is 0.0157. The van der Waals surface area contributed by atoms with Crippen LogP contribution >= 0.6 is 0 Å². The zero-order chi connectivity index (χ0) is 38.2. The van der Waals surface area contributed by atoms with E-state index in [1.165, 1.54) is 0 Å². The lowest BCUT2D eigenvalue weighted by atomic mass is 9.46. The summed E-state index contributed by atoms with van der Waals surface area (Å²) >= 11 is 0. The summed E-state index contributed by atoms with van der Waals surface area (Å²) in [5.41, 5.74) is 0.826. The fourth-order valence-electron chi connectivity index (χ4n) is 11.5. The van der Waals surface area contributed by atoms with Crippen molar-refractivity contribution in [2.45, 2.75) is 94.0 Å². The zero-order valence-electron chi connectivity index (χ0n) is 31.4. The Morgan fingerprint density at radius 1 is 1.00 bits per heavy atom. The Hall–Kier alpha value is -4.07. The Kier molecular flexibility index (Phi) is 7.22. The molecule has 12 heteroatoms. The van der Waals surface area contributed by atoms with E-state index in [1.54, 1.807) is 12.2 Å². The summed E-state index contributed by atoms with van der Waals surface area (Å²) in [5.74, 6) is -3.50. The highest BCUT2D eigenvalue weighted by Crippen LogP contribution is 2.76. The molecule has 2 bridgehead atoms. The summed E-state index contributed by atoms with van der Waals surface area (Å²) in [6.07, 6.45) is 8.39. The van der Waals surface area contributed by atoms with Crippen LogP contribution in [0.4, 0.5) is 13.2 Å².